The van der Waals surface area contributed by atoms with Crippen molar-refractivity contribution in [3.63, 3.8) is 0 Å². The Hall–Kier alpha value is -3.67. The topological polar surface area (TPSA) is 209 Å². The number of hydrogen-bond donors (Lipinski definition) is 2. The molecule has 0 radical (unpaired) electrons. The molecule has 0 aromatic heterocycles. The first-order valence-electron chi connectivity index (χ1n) is 14.0. The lowest BCUT2D eigenvalue weighted by Gasteiger charge is -2.47. The summed E-state index contributed by atoms with van der Waals surface area (Å²) in [7, 11) is 0. The Morgan fingerprint density at radius 2 is 1.20 bits per heavy atom. The van der Waals surface area contributed by atoms with Gasteiger partial charge >= 0.3 is 29.8 Å². The van der Waals surface area contributed by atoms with E-state index in [1.54, 1.807) is 0 Å². The third-order valence-corrected chi connectivity index (χ3v) is 6.57. The highest BCUT2D eigenvalue weighted by molar-refractivity contribution is 5.68. The Kier molecular flexibility index (Phi) is 13.2. The smallest absolute Gasteiger partial charge is 0.303 e. The minimum Gasteiger partial charge on any atom is -0.463 e. The zero-order valence-corrected chi connectivity index (χ0v) is 25.4. The molecule has 45 heavy (non-hydrogen) atoms. The molecular weight excluding hydrogens is 604 g/mol. The summed E-state index contributed by atoms with van der Waals surface area (Å²) in [4.78, 5) is 59.8. The fraction of sp³-hybridized carbons (Fsp3) is 0.621. The molecule has 0 spiro atoms. The van der Waals surface area contributed by atoms with E-state index in [0.717, 1.165) is 40.2 Å². The van der Waals surface area contributed by atoms with Crippen LogP contribution >= 0.6 is 0 Å². The van der Waals surface area contributed by atoms with Crippen LogP contribution in [0.15, 0.2) is 30.3 Å². The molecule has 2 heterocycles. The van der Waals surface area contributed by atoms with E-state index < -0.39 is 97.9 Å². The Balaban J connectivity index is 1.99. The summed E-state index contributed by atoms with van der Waals surface area (Å²) in [5, 5.41) is 21.8. The van der Waals surface area contributed by atoms with E-state index in [0.29, 0.717) is 0 Å². The number of aliphatic hydroxyl groups is 2. The number of carbonyl (C=O) groups is 5. The molecule has 1 aromatic carbocycles. The van der Waals surface area contributed by atoms with Crippen molar-refractivity contribution in [2.75, 3.05) is 13.2 Å². The van der Waals surface area contributed by atoms with Crippen molar-refractivity contribution in [2.45, 2.75) is 103 Å². The van der Waals surface area contributed by atoms with Crippen LogP contribution in [0.3, 0.4) is 0 Å². The number of benzene rings is 1. The molecule has 2 N–H and O–H groups in total. The number of carbonyl (C=O) groups excluding carboxylic acids is 5. The van der Waals surface area contributed by atoms with Gasteiger partial charge in [0, 0.05) is 34.6 Å². The normalized spacial score (nSPS) is 31.3. The fourth-order valence-electron chi connectivity index (χ4n) is 4.84. The van der Waals surface area contributed by atoms with E-state index in [4.69, 9.17) is 42.6 Å². The van der Waals surface area contributed by atoms with Gasteiger partial charge in [0.15, 0.2) is 37.0 Å². The van der Waals surface area contributed by atoms with E-state index in [9.17, 15) is 34.2 Å². The van der Waals surface area contributed by atoms with Crippen LogP contribution in [0, 0.1) is 0 Å². The van der Waals surface area contributed by atoms with Crippen molar-refractivity contribution < 1.29 is 76.8 Å². The van der Waals surface area contributed by atoms with E-state index in [1.165, 1.54) is 0 Å². The molecule has 10 atom stereocenters. The molecular formula is C29H38O16. The molecule has 1 aromatic rings. The Bertz CT molecular complexity index is 1170. The predicted octanol–water partition coefficient (Wildman–Crippen LogP) is -0.319. The number of esters is 5. The van der Waals surface area contributed by atoms with Gasteiger partial charge in [-0.3, -0.25) is 24.0 Å². The first-order valence-corrected chi connectivity index (χ1v) is 14.0. The zero-order chi connectivity index (χ0) is 33.3. The SMILES string of the molecule is CC(=O)OC[C@H]1O[C@@H](O)[C@H](OC(C)=O)[C@@H](OC(C)=O)[C@@H]1O[C@@H]1O[C@H](COCc2ccccc2)[C@@H](O)[C@H](OC(C)=O)[C@H]1OC(C)=O. The molecule has 2 saturated heterocycles. The Morgan fingerprint density at radius 1 is 0.644 bits per heavy atom. The van der Waals surface area contributed by atoms with E-state index in [1.807, 2.05) is 30.3 Å². The fourth-order valence-corrected chi connectivity index (χ4v) is 4.84. The monoisotopic (exact) mass is 642 g/mol. The van der Waals surface area contributed by atoms with Crippen LogP contribution in [0.5, 0.6) is 0 Å². The van der Waals surface area contributed by atoms with Crippen LogP contribution in [0.2, 0.25) is 0 Å². The number of aliphatic hydroxyl groups excluding tert-OH is 2. The van der Waals surface area contributed by atoms with Gasteiger partial charge in [-0.05, 0) is 5.56 Å². The molecule has 3 rings (SSSR count). The minimum atomic E-state index is -1.86. The summed E-state index contributed by atoms with van der Waals surface area (Å²) < 4.78 is 49.8. The third-order valence-electron chi connectivity index (χ3n) is 6.57. The van der Waals surface area contributed by atoms with E-state index in [2.05, 4.69) is 0 Å². The van der Waals surface area contributed by atoms with Crippen molar-refractivity contribution in [1.29, 1.82) is 0 Å². The number of hydrogen-bond acceptors (Lipinski definition) is 16. The van der Waals surface area contributed by atoms with Gasteiger partial charge in [0.25, 0.3) is 0 Å². The van der Waals surface area contributed by atoms with Gasteiger partial charge in [0.1, 0.15) is 31.0 Å². The van der Waals surface area contributed by atoms with Crippen molar-refractivity contribution in [3.05, 3.63) is 35.9 Å². The van der Waals surface area contributed by atoms with Crippen LogP contribution in [0.25, 0.3) is 0 Å². The molecule has 250 valence electrons. The Labute approximate surface area is 258 Å². The van der Waals surface area contributed by atoms with Crippen LogP contribution in [-0.4, -0.2) is 115 Å². The number of ether oxygens (including phenoxy) is 9. The summed E-state index contributed by atoms with van der Waals surface area (Å²) >= 11 is 0. The molecule has 2 fully saturated rings. The van der Waals surface area contributed by atoms with E-state index in [-0.39, 0.29) is 13.2 Å². The third kappa shape index (κ3) is 10.4. The molecule has 0 saturated carbocycles. The van der Waals surface area contributed by atoms with Gasteiger partial charge in [0.2, 0.25) is 0 Å². The van der Waals surface area contributed by atoms with Gasteiger partial charge in [-0.25, -0.2) is 0 Å². The molecule has 0 bridgehead atoms. The summed E-state index contributed by atoms with van der Waals surface area (Å²) in [6.07, 6.45) is -15.6. The summed E-state index contributed by atoms with van der Waals surface area (Å²) in [6.45, 7) is 4.70. The van der Waals surface area contributed by atoms with Gasteiger partial charge in [-0.1, -0.05) is 30.3 Å². The highest BCUT2D eigenvalue weighted by Gasteiger charge is 2.56. The standard InChI is InChI=1S/C29H38O16/c1-14(30)38-13-21-23(25(40-16(3)32)26(28(36)43-21)41-17(4)33)45-29-27(42-18(5)34)24(39-15(2)31)22(35)20(44-29)12-37-11-19-9-7-6-8-10-19/h6-10,20-29,35-36H,11-13H2,1-5H3/t20-,21-,22-,23-,24+,25+,26-,27-,28-,29+/m1/s1. The lowest BCUT2D eigenvalue weighted by atomic mass is 9.96. The maximum absolute atomic E-state index is 12.1. The second-order valence-electron chi connectivity index (χ2n) is 10.3. The first kappa shape index (κ1) is 35.8. The average Bonchev–Trinajstić information content (AvgIpc) is 2.94. The van der Waals surface area contributed by atoms with Crippen molar-refractivity contribution in [1.82, 2.24) is 0 Å². The van der Waals surface area contributed by atoms with Crippen molar-refractivity contribution in [3.8, 4) is 0 Å². The lowest BCUT2D eigenvalue weighted by Crippen LogP contribution is -2.66. The quantitative estimate of drug-likeness (QED) is 0.221. The van der Waals surface area contributed by atoms with Crippen LogP contribution in [-0.2, 0) is 73.2 Å². The van der Waals surface area contributed by atoms with Crippen molar-refractivity contribution >= 4 is 29.8 Å². The molecule has 16 nitrogen and oxygen atoms in total. The summed E-state index contributed by atoms with van der Waals surface area (Å²) in [6, 6.07) is 9.09. The average molecular weight is 643 g/mol. The van der Waals surface area contributed by atoms with Crippen LogP contribution in [0.4, 0.5) is 0 Å². The minimum absolute atomic E-state index is 0.127. The lowest BCUT2D eigenvalue weighted by molar-refractivity contribution is -0.357. The highest BCUT2D eigenvalue weighted by atomic mass is 16.8. The first-order chi connectivity index (χ1) is 21.3. The van der Waals surface area contributed by atoms with Gasteiger partial charge in [-0.2, -0.15) is 0 Å². The summed E-state index contributed by atoms with van der Waals surface area (Å²) in [5.41, 5.74) is 0.817. The second kappa shape index (κ2) is 16.6. The van der Waals surface area contributed by atoms with Crippen molar-refractivity contribution in [2.24, 2.45) is 0 Å². The second-order valence-corrected chi connectivity index (χ2v) is 10.3. The Morgan fingerprint density at radius 3 is 1.78 bits per heavy atom. The van der Waals surface area contributed by atoms with Gasteiger partial charge in [-0.15, -0.1) is 0 Å². The molecule has 0 amide bonds. The van der Waals surface area contributed by atoms with Gasteiger partial charge < -0.3 is 52.8 Å². The van der Waals surface area contributed by atoms with Crippen LogP contribution < -0.4 is 0 Å². The predicted molar refractivity (Wildman–Crippen MR) is 145 cm³/mol. The maximum Gasteiger partial charge on any atom is 0.303 e. The van der Waals surface area contributed by atoms with Gasteiger partial charge in [0.05, 0.1) is 13.2 Å². The summed E-state index contributed by atoms with van der Waals surface area (Å²) in [5.74, 6) is -4.14. The largest absolute Gasteiger partial charge is 0.463 e. The molecule has 2 aliphatic rings. The molecule has 0 unspecified atom stereocenters. The van der Waals surface area contributed by atoms with Crippen LogP contribution in [0.1, 0.15) is 40.2 Å². The molecule has 16 heteroatoms. The number of rotatable bonds is 12. The molecule has 2 aliphatic heterocycles. The highest BCUT2D eigenvalue weighted by Crippen LogP contribution is 2.34. The molecule has 0 aliphatic carbocycles. The zero-order valence-electron chi connectivity index (χ0n) is 25.4. The maximum atomic E-state index is 12.1. The van der Waals surface area contributed by atoms with E-state index >= 15 is 0 Å².